The Bertz CT molecular complexity index is 535. The number of rotatable bonds is 4. The van der Waals surface area contributed by atoms with Crippen LogP contribution in [0.2, 0.25) is 0 Å². The Labute approximate surface area is 112 Å². The molecule has 1 unspecified atom stereocenters. The van der Waals surface area contributed by atoms with Gasteiger partial charge >= 0.3 is 0 Å². The number of nitrogens with one attached hydrogen (secondary N) is 1. The van der Waals surface area contributed by atoms with Crippen LogP contribution >= 0.6 is 11.3 Å². The number of benzene rings is 1. The first-order valence-corrected chi connectivity index (χ1v) is 7.18. The van der Waals surface area contributed by atoms with E-state index in [9.17, 15) is 0 Å². The maximum atomic E-state index is 5.69. The van der Waals surface area contributed by atoms with E-state index >= 15 is 0 Å². The van der Waals surface area contributed by atoms with Crippen molar-refractivity contribution in [3.63, 3.8) is 0 Å². The molecule has 0 saturated carbocycles. The summed E-state index contributed by atoms with van der Waals surface area (Å²) in [4.78, 5) is 1.43. The first-order chi connectivity index (χ1) is 8.84. The van der Waals surface area contributed by atoms with Gasteiger partial charge in [0.2, 0.25) is 0 Å². The van der Waals surface area contributed by atoms with Crippen molar-refractivity contribution in [2.24, 2.45) is 0 Å². The van der Waals surface area contributed by atoms with Gasteiger partial charge in [0, 0.05) is 29.4 Å². The summed E-state index contributed by atoms with van der Waals surface area (Å²) in [6, 6.07) is 10.5. The van der Waals surface area contributed by atoms with Gasteiger partial charge in [0.25, 0.3) is 0 Å². The third kappa shape index (κ3) is 2.28. The molecule has 0 spiro atoms. The van der Waals surface area contributed by atoms with Crippen LogP contribution in [-0.4, -0.2) is 13.2 Å². The number of para-hydroxylation sites is 1. The van der Waals surface area contributed by atoms with Gasteiger partial charge in [-0.15, -0.1) is 11.3 Å². The van der Waals surface area contributed by atoms with Gasteiger partial charge in [-0.05, 0) is 30.0 Å². The average Bonchev–Trinajstić information content (AvgIpc) is 2.97. The van der Waals surface area contributed by atoms with Crippen molar-refractivity contribution in [3.8, 4) is 5.75 Å². The van der Waals surface area contributed by atoms with Gasteiger partial charge < -0.3 is 10.1 Å². The monoisotopic (exact) mass is 259 g/mol. The molecule has 0 saturated heterocycles. The molecule has 3 rings (SSSR count). The minimum atomic E-state index is 0.487. The zero-order valence-corrected chi connectivity index (χ0v) is 11.3. The van der Waals surface area contributed by atoms with Crippen molar-refractivity contribution >= 4 is 11.3 Å². The van der Waals surface area contributed by atoms with Crippen molar-refractivity contribution in [2.75, 3.05) is 13.2 Å². The van der Waals surface area contributed by atoms with Crippen LogP contribution < -0.4 is 10.1 Å². The van der Waals surface area contributed by atoms with E-state index in [1.807, 2.05) is 17.4 Å². The van der Waals surface area contributed by atoms with E-state index in [0.717, 1.165) is 25.4 Å². The maximum Gasteiger partial charge on any atom is 0.122 e. The number of aryl methyl sites for hydroxylation is 1. The number of thiophene rings is 1. The van der Waals surface area contributed by atoms with E-state index in [1.54, 1.807) is 0 Å². The number of ether oxygens (including phenoxy) is 1. The summed E-state index contributed by atoms with van der Waals surface area (Å²) in [5, 5.41) is 5.69. The highest BCUT2D eigenvalue weighted by Crippen LogP contribution is 2.32. The molecular formula is C15H17NOS. The van der Waals surface area contributed by atoms with Crippen LogP contribution in [0.4, 0.5) is 0 Å². The number of hydrogen-bond acceptors (Lipinski definition) is 3. The lowest BCUT2D eigenvalue weighted by Crippen LogP contribution is -2.21. The quantitative estimate of drug-likeness (QED) is 0.909. The molecule has 1 atom stereocenters. The molecule has 0 bridgehead atoms. The van der Waals surface area contributed by atoms with Crippen LogP contribution in [0.15, 0.2) is 35.7 Å². The average molecular weight is 259 g/mol. The predicted molar refractivity (Wildman–Crippen MR) is 75.4 cm³/mol. The molecule has 0 fully saturated rings. The van der Waals surface area contributed by atoms with Gasteiger partial charge in [0.05, 0.1) is 6.61 Å². The summed E-state index contributed by atoms with van der Waals surface area (Å²) < 4.78 is 5.69. The highest BCUT2D eigenvalue weighted by atomic mass is 32.1. The normalized spacial score (nSPS) is 17.5. The fourth-order valence-corrected chi connectivity index (χ4v) is 3.22. The fraction of sp³-hybridized carbons (Fsp3) is 0.333. The van der Waals surface area contributed by atoms with Crippen molar-refractivity contribution in [1.29, 1.82) is 0 Å². The summed E-state index contributed by atoms with van der Waals surface area (Å²) in [5.41, 5.74) is 2.73. The highest BCUT2D eigenvalue weighted by Gasteiger charge is 2.22. The second-order valence-electron chi connectivity index (χ2n) is 4.70. The topological polar surface area (TPSA) is 21.3 Å². The fourth-order valence-electron chi connectivity index (χ4n) is 2.34. The van der Waals surface area contributed by atoms with E-state index in [4.69, 9.17) is 4.74 Å². The number of fused-ring (bicyclic) bond motifs is 1. The molecule has 3 heteroatoms. The van der Waals surface area contributed by atoms with Gasteiger partial charge in [-0.3, -0.25) is 0 Å². The summed E-state index contributed by atoms with van der Waals surface area (Å²) in [6.45, 7) is 4.91. The van der Waals surface area contributed by atoms with Crippen molar-refractivity contribution < 1.29 is 4.74 Å². The molecule has 2 aromatic rings. The molecule has 1 aromatic heterocycles. The highest BCUT2D eigenvalue weighted by molar-refractivity contribution is 7.10. The first-order valence-electron chi connectivity index (χ1n) is 6.30. The van der Waals surface area contributed by atoms with Gasteiger partial charge in [0.15, 0.2) is 0 Å². The Balaban J connectivity index is 1.58. The molecule has 0 amide bonds. The van der Waals surface area contributed by atoms with Crippen LogP contribution in [0.25, 0.3) is 0 Å². The summed E-state index contributed by atoms with van der Waals surface area (Å²) >= 11 is 1.82. The smallest absolute Gasteiger partial charge is 0.122 e. The Morgan fingerprint density at radius 1 is 1.33 bits per heavy atom. The second-order valence-corrected chi connectivity index (χ2v) is 5.70. The largest absolute Gasteiger partial charge is 0.493 e. The maximum absolute atomic E-state index is 5.69. The Morgan fingerprint density at radius 2 is 2.22 bits per heavy atom. The van der Waals surface area contributed by atoms with Crippen LogP contribution in [0.3, 0.4) is 0 Å². The molecule has 0 aliphatic carbocycles. The van der Waals surface area contributed by atoms with Crippen molar-refractivity contribution in [1.82, 2.24) is 5.32 Å². The van der Waals surface area contributed by atoms with Gasteiger partial charge in [-0.25, -0.2) is 0 Å². The molecule has 2 heterocycles. The lowest BCUT2D eigenvalue weighted by atomic mass is 10.0. The van der Waals surface area contributed by atoms with E-state index in [-0.39, 0.29) is 0 Å². The summed E-state index contributed by atoms with van der Waals surface area (Å²) in [7, 11) is 0. The van der Waals surface area contributed by atoms with Crippen LogP contribution in [0, 0.1) is 6.92 Å². The SMILES string of the molecule is Cc1ccsc1CNCC1COc2ccccc21. The van der Waals surface area contributed by atoms with E-state index in [1.165, 1.54) is 16.0 Å². The summed E-state index contributed by atoms with van der Waals surface area (Å²) in [5.74, 6) is 1.54. The van der Waals surface area contributed by atoms with Crippen LogP contribution in [-0.2, 0) is 6.54 Å². The standard InChI is InChI=1S/C15H17NOS/c1-11-6-7-18-15(11)9-16-8-12-10-17-14-5-3-2-4-13(12)14/h2-7,12,16H,8-10H2,1H3. The minimum absolute atomic E-state index is 0.487. The molecule has 1 N–H and O–H groups in total. The molecule has 1 aromatic carbocycles. The van der Waals surface area contributed by atoms with Crippen molar-refractivity contribution in [2.45, 2.75) is 19.4 Å². The Kier molecular flexibility index (Phi) is 3.35. The Morgan fingerprint density at radius 3 is 3.06 bits per heavy atom. The molecule has 94 valence electrons. The molecule has 1 aliphatic heterocycles. The lowest BCUT2D eigenvalue weighted by Gasteiger charge is -2.10. The third-order valence-electron chi connectivity index (χ3n) is 3.44. The van der Waals surface area contributed by atoms with Crippen molar-refractivity contribution in [3.05, 3.63) is 51.7 Å². The van der Waals surface area contributed by atoms with Gasteiger partial charge in [0.1, 0.15) is 5.75 Å². The molecule has 2 nitrogen and oxygen atoms in total. The third-order valence-corrected chi connectivity index (χ3v) is 4.47. The van der Waals surface area contributed by atoms with E-state index in [2.05, 4.69) is 41.9 Å². The zero-order chi connectivity index (χ0) is 12.4. The van der Waals surface area contributed by atoms with E-state index in [0.29, 0.717) is 5.92 Å². The van der Waals surface area contributed by atoms with Gasteiger partial charge in [-0.2, -0.15) is 0 Å². The molecule has 1 aliphatic rings. The van der Waals surface area contributed by atoms with E-state index < -0.39 is 0 Å². The van der Waals surface area contributed by atoms with Crippen LogP contribution in [0.5, 0.6) is 5.75 Å². The second kappa shape index (κ2) is 5.12. The van der Waals surface area contributed by atoms with Gasteiger partial charge in [-0.1, -0.05) is 18.2 Å². The minimum Gasteiger partial charge on any atom is -0.493 e. The van der Waals surface area contributed by atoms with Crippen LogP contribution in [0.1, 0.15) is 21.9 Å². The number of hydrogen-bond donors (Lipinski definition) is 1. The first kappa shape index (κ1) is 11.8. The molecular weight excluding hydrogens is 242 g/mol. The Hall–Kier alpha value is -1.32. The summed E-state index contributed by atoms with van der Waals surface area (Å²) in [6.07, 6.45) is 0. The molecule has 0 radical (unpaired) electrons. The zero-order valence-electron chi connectivity index (χ0n) is 10.5. The lowest BCUT2D eigenvalue weighted by molar-refractivity contribution is 0.326. The predicted octanol–water partition coefficient (Wildman–Crippen LogP) is 3.32. The molecule has 18 heavy (non-hydrogen) atoms.